The highest BCUT2D eigenvalue weighted by atomic mass is 16.6. The van der Waals surface area contributed by atoms with Crippen LogP contribution in [0.5, 0.6) is 0 Å². The summed E-state index contributed by atoms with van der Waals surface area (Å²) in [5.74, 6) is -0.376. The molecule has 1 amide bonds. The summed E-state index contributed by atoms with van der Waals surface area (Å²) in [7, 11) is 0. The first kappa shape index (κ1) is 14.2. The predicted octanol–water partition coefficient (Wildman–Crippen LogP) is 0.0954. The molecule has 7 heteroatoms. The van der Waals surface area contributed by atoms with Gasteiger partial charge in [-0.1, -0.05) is 0 Å². The molecule has 0 atom stereocenters. The van der Waals surface area contributed by atoms with Gasteiger partial charge in [-0.3, -0.25) is 15.7 Å². The number of hydrogen-bond donors (Lipinski definition) is 4. The summed E-state index contributed by atoms with van der Waals surface area (Å²) in [6.07, 6.45) is -0.641. The van der Waals surface area contributed by atoms with Crippen LogP contribution in [0.1, 0.15) is 20.8 Å². The Hall–Kier alpha value is -1.79. The van der Waals surface area contributed by atoms with Gasteiger partial charge in [-0.15, -0.1) is 0 Å². The minimum absolute atomic E-state index is 0.103. The quantitative estimate of drug-likeness (QED) is 0.402. The first-order valence-electron chi connectivity index (χ1n) is 4.75. The highest BCUT2D eigenvalue weighted by Gasteiger charge is 2.22. The smallest absolute Gasteiger partial charge is 0.411 e. The van der Waals surface area contributed by atoms with Crippen LogP contribution in [0.2, 0.25) is 0 Å². The fourth-order valence-corrected chi connectivity index (χ4v) is 0.923. The molecule has 0 aliphatic carbocycles. The molecular weight excluding hydrogens is 210 g/mol. The van der Waals surface area contributed by atoms with Crippen molar-refractivity contribution >= 4 is 17.8 Å². The maximum absolute atomic E-state index is 11.6. The maximum Gasteiger partial charge on any atom is 0.411 e. The third kappa shape index (κ3) is 6.63. The van der Waals surface area contributed by atoms with E-state index in [4.69, 9.17) is 27.0 Å². The topological polar surface area (TPSA) is 129 Å². The van der Waals surface area contributed by atoms with E-state index < -0.39 is 11.7 Å². The fraction of sp³-hybridized carbons (Fsp3) is 0.667. The lowest BCUT2D eigenvalue weighted by Crippen LogP contribution is -2.45. The largest absolute Gasteiger partial charge is 0.444 e. The third-order valence-corrected chi connectivity index (χ3v) is 1.37. The van der Waals surface area contributed by atoms with Gasteiger partial charge in [-0.05, 0) is 20.8 Å². The molecular formula is C9H19N5O2. The van der Waals surface area contributed by atoms with Crippen molar-refractivity contribution in [2.75, 3.05) is 13.1 Å². The van der Waals surface area contributed by atoms with Gasteiger partial charge in [0.25, 0.3) is 0 Å². The highest BCUT2D eigenvalue weighted by Crippen LogP contribution is 2.09. The lowest BCUT2D eigenvalue weighted by molar-refractivity contribution is 0.0304. The zero-order valence-corrected chi connectivity index (χ0v) is 9.83. The van der Waals surface area contributed by atoms with E-state index >= 15 is 0 Å². The van der Waals surface area contributed by atoms with Gasteiger partial charge in [0.2, 0.25) is 0 Å². The summed E-state index contributed by atoms with van der Waals surface area (Å²) in [6, 6.07) is 0. The van der Waals surface area contributed by atoms with E-state index in [1.54, 1.807) is 20.8 Å². The first-order chi connectivity index (χ1) is 7.11. The zero-order chi connectivity index (χ0) is 12.9. The standard InChI is InChI=1S/C9H19N5O2/c1-9(2,3)16-8(15)14(4-6(10)11)5-7(12)13/h4-5H2,1-3H3,(H3,10,11)(H3,12,13). The van der Waals surface area contributed by atoms with E-state index in [9.17, 15) is 4.79 Å². The van der Waals surface area contributed by atoms with Gasteiger partial charge in [0.1, 0.15) is 17.3 Å². The monoisotopic (exact) mass is 229 g/mol. The maximum atomic E-state index is 11.6. The summed E-state index contributed by atoms with van der Waals surface area (Å²) < 4.78 is 5.08. The van der Waals surface area contributed by atoms with Crippen molar-refractivity contribution in [2.24, 2.45) is 11.5 Å². The number of ether oxygens (including phenoxy) is 1. The van der Waals surface area contributed by atoms with Crippen LogP contribution >= 0.6 is 0 Å². The van der Waals surface area contributed by atoms with E-state index in [2.05, 4.69) is 0 Å². The lowest BCUT2D eigenvalue weighted by atomic mass is 10.2. The van der Waals surface area contributed by atoms with Gasteiger partial charge in [0.15, 0.2) is 0 Å². The Balaban J connectivity index is 4.56. The van der Waals surface area contributed by atoms with Crippen LogP contribution in [0.15, 0.2) is 0 Å². The third-order valence-electron chi connectivity index (χ3n) is 1.37. The van der Waals surface area contributed by atoms with Crippen molar-refractivity contribution in [3.63, 3.8) is 0 Å². The molecule has 0 aromatic carbocycles. The predicted molar refractivity (Wildman–Crippen MR) is 61.6 cm³/mol. The molecule has 0 radical (unpaired) electrons. The van der Waals surface area contributed by atoms with Gasteiger partial charge in [0.05, 0.1) is 13.1 Å². The summed E-state index contributed by atoms with van der Waals surface area (Å²) in [6.45, 7) is 4.98. The van der Waals surface area contributed by atoms with E-state index in [1.165, 1.54) is 0 Å². The van der Waals surface area contributed by atoms with Crippen LogP contribution in [0, 0.1) is 10.8 Å². The first-order valence-corrected chi connectivity index (χ1v) is 4.75. The molecule has 0 saturated heterocycles. The molecule has 92 valence electrons. The number of nitrogens with one attached hydrogen (secondary N) is 2. The number of hydrogen-bond acceptors (Lipinski definition) is 4. The summed E-state index contributed by atoms with van der Waals surface area (Å²) in [5, 5.41) is 14.2. The Morgan fingerprint density at radius 2 is 1.56 bits per heavy atom. The van der Waals surface area contributed by atoms with Gasteiger partial charge >= 0.3 is 6.09 Å². The molecule has 0 aliphatic heterocycles. The number of amides is 1. The van der Waals surface area contributed by atoms with Gasteiger partial charge in [-0.25, -0.2) is 4.79 Å². The average Bonchev–Trinajstić information content (AvgIpc) is 1.97. The number of rotatable bonds is 4. The Morgan fingerprint density at radius 1 is 1.19 bits per heavy atom. The van der Waals surface area contributed by atoms with Crippen LogP contribution in [0.3, 0.4) is 0 Å². The Bertz CT molecular complexity index is 279. The molecule has 0 rings (SSSR count). The lowest BCUT2D eigenvalue weighted by Gasteiger charge is -2.26. The van der Waals surface area contributed by atoms with E-state index in [0.29, 0.717) is 0 Å². The van der Waals surface area contributed by atoms with Crippen LogP contribution in [-0.2, 0) is 4.74 Å². The molecule has 6 N–H and O–H groups in total. The van der Waals surface area contributed by atoms with Crippen molar-refractivity contribution in [1.82, 2.24) is 4.90 Å². The molecule has 0 spiro atoms. The Morgan fingerprint density at radius 3 is 1.81 bits per heavy atom. The van der Waals surface area contributed by atoms with E-state index in [1.807, 2.05) is 0 Å². The Labute approximate surface area is 94.7 Å². The molecule has 0 aromatic heterocycles. The van der Waals surface area contributed by atoms with Gasteiger partial charge in [0, 0.05) is 0 Å². The average molecular weight is 229 g/mol. The molecule has 0 saturated carbocycles. The van der Waals surface area contributed by atoms with E-state index in [-0.39, 0.29) is 24.8 Å². The minimum atomic E-state index is -0.641. The van der Waals surface area contributed by atoms with Gasteiger partial charge < -0.3 is 16.2 Å². The normalized spacial score (nSPS) is 10.7. The molecule has 16 heavy (non-hydrogen) atoms. The van der Waals surface area contributed by atoms with Crippen molar-refractivity contribution in [2.45, 2.75) is 26.4 Å². The number of nitrogens with zero attached hydrogens (tertiary/aromatic N) is 1. The molecule has 0 fully saturated rings. The number of nitrogens with two attached hydrogens (primary N) is 2. The summed E-state index contributed by atoms with van der Waals surface area (Å²) in [4.78, 5) is 12.7. The highest BCUT2D eigenvalue weighted by molar-refractivity contribution is 5.87. The van der Waals surface area contributed by atoms with Crippen molar-refractivity contribution in [3.05, 3.63) is 0 Å². The zero-order valence-electron chi connectivity index (χ0n) is 9.83. The number of amidine groups is 2. The second-order valence-electron chi connectivity index (χ2n) is 4.39. The second kappa shape index (κ2) is 5.34. The van der Waals surface area contributed by atoms with Crippen molar-refractivity contribution in [3.8, 4) is 0 Å². The minimum Gasteiger partial charge on any atom is -0.444 e. The number of carbonyl (C=O) groups excluding carboxylic acids is 1. The Kier molecular flexibility index (Phi) is 4.74. The number of carbonyl (C=O) groups is 1. The molecule has 0 aliphatic rings. The SMILES string of the molecule is CC(C)(C)OC(=O)N(CC(=N)N)CC(=N)N. The van der Waals surface area contributed by atoms with Gasteiger partial charge in [-0.2, -0.15) is 0 Å². The second-order valence-corrected chi connectivity index (χ2v) is 4.39. The summed E-state index contributed by atoms with van der Waals surface area (Å²) >= 11 is 0. The molecule has 0 aromatic rings. The molecule has 7 nitrogen and oxygen atoms in total. The van der Waals surface area contributed by atoms with Crippen LogP contribution in [-0.4, -0.2) is 41.4 Å². The molecule has 0 bridgehead atoms. The van der Waals surface area contributed by atoms with Crippen molar-refractivity contribution in [1.29, 1.82) is 10.8 Å². The fourth-order valence-electron chi connectivity index (χ4n) is 0.923. The molecule has 0 heterocycles. The summed E-state index contributed by atoms with van der Waals surface area (Å²) in [5.41, 5.74) is 9.75. The van der Waals surface area contributed by atoms with Crippen LogP contribution in [0.4, 0.5) is 4.79 Å². The molecule has 0 unspecified atom stereocenters. The van der Waals surface area contributed by atoms with Crippen molar-refractivity contribution < 1.29 is 9.53 Å². The van der Waals surface area contributed by atoms with E-state index in [0.717, 1.165) is 4.90 Å². The van der Waals surface area contributed by atoms with Crippen LogP contribution < -0.4 is 11.5 Å². The van der Waals surface area contributed by atoms with Crippen LogP contribution in [0.25, 0.3) is 0 Å².